The van der Waals surface area contributed by atoms with Gasteiger partial charge in [0.15, 0.2) is 0 Å². The number of halogens is 1. The Bertz CT molecular complexity index is 1780. The average molecular weight is 615 g/mol. The first kappa shape index (κ1) is 28.3. The highest BCUT2D eigenvalue weighted by Gasteiger charge is 2.39. The summed E-state index contributed by atoms with van der Waals surface area (Å²) in [6, 6.07) is 20.6. The van der Waals surface area contributed by atoms with Gasteiger partial charge in [0, 0.05) is 78.7 Å². The molecule has 0 unspecified atom stereocenters. The molecule has 7 nitrogen and oxygen atoms in total. The van der Waals surface area contributed by atoms with E-state index in [-0.39, 0.29) is 17.3 Å². The lowest BCUT2D eigenvalue weighted by Gasteiger charge is -2.47. The van der Waals surface area contributed by atoms with Crippen molar-refractivity contribution in [2.45, 2.75) is 43.5 Å². The first-order valence-corrected chi connectivity index (χ1v) is 16.9. The van der Waals surface area contributed by atoms with Crippen molar-refractivity contribution in [3.8, 4) is 0 Å². The zero-order chi connectivity index (χ0) is 29.6. The second kappa shape index (κ2) is 11.2. The Kier molecular flexibility index (Phi) is 7.40. The second-order valence-electron chi connectivity index (χ2n) is 12.1. The van der Waals surface area contributed by atoms with E-state index in [1.54, 1.807) is 30.3 Å². The molecule has 1 spiro atoms. The van der Waals surface area contributed by atoms with Crippen LogP contribution in [0.15, 0.2) is 84.0 Å². The molecule has 2 fully saturated rings. The van der Waals surface area contributed by atoms with Crippen LogP contribution in [0.1, 0.15) is 47.2 Å². The normalized spacial score (nSPS) is 19.0. The van der Waals surface area contributed by atoms with Gasteiger partial charge in [0.1, 0.15) is 0 Å². The predicted molar refractivity (Wildman–Crippen MR) is 170 cm³/mol. The maximum Gasteiger partial charge on any atom is 0.253 e. The summed E-state index contributed by atoms with van der Waals surface area (Å²) in [4.78, 5) is 22.5. The van der Waals surface area contributed by atoms with Gasteiger partial charge < -0.3 is 9.80 Å². The molecule has 0 N–H and O–H groups in total. The van der Waals surface area contributed by atoms with Crippen molar-refractivity contribution in [1.82, 2.24) is 14.2 Å². The van der Waals surface area contributed by atoms with Crippen LogP contribution in [0.25, 0.3) is 10.8 Å². The van der Waals surface area contributed by atoms with E-state index in [1.807, 2.05) is 41.6 Å². The summed E-state index contributed by atoms with van der Waals surface area (Å²) in [5.74, 6) is 0.0375. The van der Waals surface area contributed by atoms with Crippen molar-refractivity contribution in [3.05, 3.63) is 101 Å². The van der Waals surface area contributed by atoms with Crippen LogP contribution in [0.4, 0.5) is 5.69 Å². The Hall–Kier alpha value is -3.46. The third-order valence-electron chi connectivity index (χ3n) is 9.84. The van der Waals surface area contributed by atoms with Crippen molar-refractivity contribution in [3.63, 3.8) is 0 Å². The zero-order valence-corrected chi connectivity index (χ0v) is 25.7. The van der Waals surface area contributed by atoms with Crippen LogP contribution in [0.2, 0.25) is 5.02 Å². The summed E-state index contributed by atoms with van der Waals surface area (Å²) in [7, 11) is -3.77. The van der Waals surface area contributed by atoms with E-state index in [2.05, 4.69) is 22.0 Å². The summed E-state index contributed by atoms with van der Waals surface area (Å²) in [6.07, 6.45) is 8.64. The Morgan fingerprint density at radius 1 is 0.791 bits per heavy atom. The van der Waals surface area contributed by atoms with Crippen molar-refractivity contribution < 1.29 is 13.2 Å². The SMILES string of the molecule is O=C(c1ccc2c(c1)CN(S(=O)(=O)c1cccc3c(Cl)cccc13)CC2)N1CCC2(CC1)CCN(c1ccncc1)CC2. The Labute approximate surface area is 258 Å². The summed E-state index contributed by atoms with van der Waals surface area (Å²) in [6.45, 7) is 4.23. The number of benzene rings is 3. The van der Waals surface area contributed by atoms with Crippen molar-refractivity contribution >= 4 is 44.0 Å². The molecule has 0 bridgehead atoms. The number of carbonyl (C=O) groups excluding carboxylic acids is 1. The van der Waals surface area contributed by atoms with Crippen LogP contribution < -0.4 is 4.90 Å². The number of nitrogens with zero attached hydrogens (tertiary/aromatic N) is 4. The molecule has 9 heteroatoms. The van der Waals surface area contributed by atoms with Crippen LogP contribution in [-0.2, 0) is 23.0 Å². The van der Waals surface area contributed by atoms with Gasteiger partial charge in [0.05, 0.1) is 4.90 Å². The van der Waals surface area contributed by atoms with Crippen molar-refractivity contribution in [2.75, 3.05) is 37.6 Å². The molecule has 3 aliphatic heterocycles. The molecule has 3 aliphatic rings. The molecule has 1 aromatic heterocycles. The van der Waals surface area contributed by atoms with Crippen LogP contribution in [-0.4, -0.2) is 61.2 Å². The number of fused-ring (bicyclic) bond motifs is 2. The maximum atomic E-state index is 13.8. The monoisotopic (exact) mass is 614 g/mol. The standard InChI is InChI=1S/C34H35ClN4O3S/c35-31-5-1-4-30-29(31)3-2-6-32(30)43(41,42)39-18-11-25-7-8-26(23-27(25)24-39)33(40)38-21-14-34(15-22-38)12-19-37(20-13-34)28-9-16-36-17-10-28/h1-10,16-17,23H,11-15,18-22,24H2. The van der Waals surface area contributed by atoms with E-state index < -0.39 is 10.0 Å². The van der Waals surface area contributed by atoms with Gasteiger partial charge in [-0.05, 0) is 85.0 Å². The van der Waals surface area contributed by atoms with Crippen LogP contribution in [0.3, 0.4) is 0 Å². The molecule has 0 atom stereocenters. The van der Waals surface area contributed by atoms with Gasteiger partial charge in [-0.1, -0.05) is 41.9 Å². The first-order chi connectivity index (χ1) is 20.8. The van der Waals surface area contributed by atoms with Gasteiger partial charge in [0.25, 0.3) is 5.91 Å². The van der Waals surface area contributed by atoms with Gasteiger partial charge in [-0.2, -0.15) is 4.31 Å². The van der Waals surface area contributed by atoms with E-state index in [1.165, 1.54) is 9.99 Å². The highest BCUT2D eigenvalue weighted by molar-refractivity contribution is 7.89. The summed E-state index contributed by atoms with van der Waals surface area (Å²) in [5, 5.41) is 1.87. The minimum Gasteiger partial charge on any atom is -0.371 e. The van der Waals surface area contributed by atoms with Gasteiger partial charge in [-0.15, -0.1) is 0 Å². The molecular weight excluding hydrogens is 580 g/mol. The number of rotatable bonds is 4. The summed E-state index contributed by atoms with van der Waals surface area (Å²) >= 11 is 6.37. The zero-order valence-electron chi connectivity index (χ0n) is 24.1. The molecule has 1 amide bonds. The van der Waals surface area contributed by atoms with Crippen LogP contribution >= 0.6 is 11.6 Å². The molecule has 43 heavy (non-hydrogen) atoms. The molecule has 2 saturated heterocycles. The smallest absolute Gasteiger partial charge is 0.253 e. The van der Waals surface area contributed by atoms with E-state index in [0.29, 0.717) is 34.4 Å². The van der Waals surface area contributed by atoms with E-state index >= 15 is 0 Å². The number of piperidine rings is 2. The fourth-order valence-corrected chi connectivity index (χ4v) is 9.00. The third kappa shape index (κ3) is 5.30. The van der Waals surface area contributed by atoms with Gasteiger partial charge in [0.2, 0.25) is 10.0 Å². The molecule has 4 heterocycles. The fraction of sp³-hybridized carbons (Fsp3) is 0.353. The Morgan fingerprint density at radius 2 is 1.49 bits per heavy atom. The maximum absolute atomic E-state index is 13.8. The van der Waals surface area contributed by atoms with Gasteiger partial charge in [-0.25, -0.2) is 8.42 Å². The van der Waals surface area contributed by atoms with E-state index in [9.17, 15) is 13.2 Å². The quantitative estimate of drug-likeness (QED) is 0.275. The number of sulfonamides is 1. The predicted octanol–water partition coefficient (Wildman–Crippen LogP) is 6.16. The minimum atomic E-state index is -3.77. The number of amides is 1. The topological polar surface area (TPSA) is 73.8 Å². The molecular formula is C34H35ClN4O3S. The lowest BCUT2D eigenvalue weighted by Crippen LogP contribution is -2.48. The molecule has 0 radical (unpaired) electrons. The fourth-order valence-electron chi connectivity index (χ4n) is 7.14. The molecule has 0 aliphatic carbocycles. The van der Waals surface area contributed by atoms with E-state index in [4.69, 9.17) is 11.6 Å². The lowest BCUT2D eigenvalue weighted by atomic mass is 9.71. The van der Waals surface area contributed by atoms with Crippen molar-refractivity contribution in [2.24, 2.45) is 5.41 Å². The Balaban J connectivity index is 1.03. The average Bonchev–Trinajstić information content (AvgIpc) is 3.05. The van der Waals surface area contributed by atoms with Crippen molar-refractivity contribution in [1.29, 1.82) is 0 Å². The largest absolute Gasteiger partial charge is 0.371 e. The van der Waals surface area contributed by atoms with Gasteiger partial charge in [-0.3, -0.25) is 9.78 Å². The number of anilines is 1. The molecule has 222 valence electrons. The molecule has 7 rings (SSSR count). The Morgan fingerprint density at radius 3 is 2.26 bits per heavy atom. The van der Waals surface area contributed by atoms with Gasteiger partial charge >= 0.3 is 0 Å². The first-order valence-electron chi connectivity index (χ1n) is 15.1. The van der Waals surface area contributed by atoms with Crippen LogP contribution in [0, 0.1) is 5.41 Å². The number of pyridine rings is 1. The highest BCUT2D eigenvalue weighted by atomic mass is 35.5. The number of hydrogen-bond donors (Lipinski definition) is 0. The third-order valence-corrected chi connectivity index (χ3v) is 12.1. The minimum absolute atomic E-state index is 0.0375. The second-order valence-corrected chi connectivity index (χ2v) is 14.5. The summed E-state index contributed by atoms with van der Waals surface area (Å²) in [5.41, 5.74) is 4.17. The number of likely N-dealkylation sites (tertiary alicyclic amines) is 1. The number of aromatic nitrogens is 1. The molecule has 0 saturated carbocycles. The molecule has 4 aromatic rings. The number of carbonyl (C=O) groups is 1. The highest BCUT2D eigenvalue weighted by Crippen LogP contribution is 2.42. The number of hydrogen-bond acceptors (Lipinski definition) is 5. The molecule has 3 aromatic carbocycles. The van der Waals surface area contributed by atoms with E-state index in [0.717, 1.165) is 68.4 Å². The lowest BCUT2D eigenvalue weighted by molar-refractivity contribution is 0.0515. The van der Waals surface area contributed by atoms with Crippen LogP contribution in [0.5, 0.6) is 0 Å². The summed E-state index contributed by atoms with van der Waals surface area (Å²) < 4.78 is 29.2.